The number of carbonyl (C=O) groups excluding carboxylic acids is 1. The van der Waals surface area contributed by atoms with Crippen LogP contribution in [0.25, 0.3) is 11.4 Å². The summed E-state index contributed by atoms with van der Waals surface area (Å²) in [6.45, 7) is 0.0523. The van der Waals surface area contributed by atoms with Crippen LogP contribution in [0.15, 0.2) is 53.1 Å². The molecule has 0 unspecified atom stereocenters. The lowest BCUT2D eigenvalue weighted by molar-refractivity contribution is -0.115. The summed E-state index contributed by atoms with van der Waals surface area (Å²) in [4.78, 5) is 18.0. The number of hydrogen-bond acceptors (Lipinski definition) is 6. The zero-order valence-electron chi connectivity index (χ0n) is 14.3. The van der Waals surface area contributed by atoms with E-state index in [-0.39, 0.29) is 18.5 Å². The van der Waals surface area contributed by atoms with Gasteiger partial charge in [-0.1, -0.05) is 22.8 Å². The Balaban J connectivity index is 1.63. The first kappa shape index (κ1) is 17.8. The predicted molar refractivity (Wildman–Crippen MR) is 99.6 cm³/mol. The van der Waals surface area contributed by atoms with Gasteiger partial charge in [-0.15, -0.1) is 0 Å². The number of amides is 1. The summed E-state index contributed by atoms with van der Waals surface area (Å²) >= 11 is 5.91. The van der Waals surface area contributed by atoms with E-state index in [1.807, 2.05) is 24.3 Å². The Morgan fingerprint density at radius 1 is 1.27 bits per heavy atom. The molecule has 1 amide bonds. The number of anilines is 2. The zero-order chi connectivity index (χ0) is 18.5. The molecule has 0 atom stereocenters. The Hall–Kier alpha value is -3.06. The second-order valence-corrected chi connectivity index (χ2v) is 5.98. The maximum atomic E-state index is 12.2. The minimum Gasteiger partial charge on any atom is -0.497 e. The maximum absolute atomic E-state index is 12.2. The normalized spacial score (nSPS) is 10.4. The summed E-state index contributed by atoms with van der Waals surface area (Å²) < 4.78 is 10.4. The highest BCUT2D eigenvalue weighted by Crippen LogP contribution is 2.22. The lowest BCUT2D eigenvalue weighted by atomic mass is 10.2. The number of carbonyl (C=O) groups is 1. The van der Waals surface area contributed by atoms with Crippen LogP contribution in [0, 0.1) is 0 Å². The van der Waals surface area contributed by atoms with E-state index < -0.39 is 0 Å². The summed E-state index contributed by atoms with van der Waals surface area (Å²) in [5, 5.41) is 7.27. The van der Waals surface area contributed by atoms with Gasteiger partial charge in [0.25, 0.3) is 0 Å². The summed E-state index contributed by atoms with van der Waals surface area (Å²) in [7, 11) is 3.30. The fraction of sp³-hybridized carbons (Fsp3) is 0.167. The van der Waals surface area contributed by atoms with Crippen LogP contribution in [-0.2, 0) is 4.79 Å². The van der Waals surface area contributed by atoms with Crippen molar-refractivity contribution in [3.05, 3.63) is 53.6 Å². The van der Waals surface area contributed by atoms with Crippen molar-refractivity contribution in [1.82, 2.24) is 10.1 Å². The van der Waals surface area contributed by atoms with Gasteiger partial charge in [-0.2, -0.15) is 4.98 Å². The summed E-state index contributed by atoms with van der Waals surface area (Å²) in [6, 6.07) is 14.5. The first-order valence-corrected chi connectivity index (χ1v) is 8.17. The van der Waals surface area contributed by atoms with Gasteiger partial charge < -0.3 is 19.5 Å². The standard InChI is InChI=1S/C18H17ClN4O3/c1-23(11-16(24)20-14-5-3-4-13(19)10-14)18-21-17(22-26-18)12-6-8-15(25-2)9-7-12/h3-10H,11H2,1-2H3,(H,20,24). The molecule has 0 aliphatic carbocycles. The molecule has 0 spiro atoms. The molecule has 0 saturated carbocycles. The molecule has 0 fully saturated rings. The van der Waals surface area contributed by atoms with E-state index in [9.17, 15) is 4.79 Å². The van der Waals surface area contributed by atoms with E-state index >= 15 is 0 Å². The lowest BCUT2D eigenvalue weighted by Crippen LogP contribution is -2.30. The maximum Gasteiger partial charge on any atom is 0.324 e. The van der Waals surface area contributed by atoms with Gasteiger partial charge >= 0.3 is 6.01 Å². The Morgan fingerprint density at radius 2 is 2.04 bits per heavy atom. The average Bonchev–Trinajstić information content (AvgIpc) is 3.12. The highest BCUT2D eigenvalue weighted by atomic mass is 35.5. The van der Waals surface area contributed by atoms with E-state index in [1.54, 1.807) is 43.3 Å². The van der Waals surface area contributed by atoms with Crippen LogP contribution in [0.5, 0.6) is 5.75 Å². The first-order chi connectivity index (χ1) is 12.5. The molecule has 3 rings (SSSR count). The minimum atomic E-state index is -0.223. The van der Waals surface area contributed by atoms with Crippen molar-refractivity contribution in [3.63, 3.8) is 0 Å². The van der Waals surface area contributed by atoms with Gasteiger partial charge in [0.05, 0.1) is 7.11 Å². The molecule has 1 aromatic heterocycles. The fourth-order valence-electron chi connectivity index (χ4n) is 2.28. The van der Waals surface area contributed by atoms with Crippen LogP contribution < -0.4 is 15.0 Å². The quantitative estimate of drug-likeness (QED) is 0.713. The summed E-state index contributed by atoms with van der Waals surface area (Å²) in [5.74, 6) is 0.955. The van der Waals surface area contributed by atoms with Crippen molar-refractivity contribution in [2.75, 3.05) is 30.9 Å². The monoisotopic (exact) mass is 372 g/mol. The first-order valence-electron chi connectivity index (χ1n) is 7.80. The van der Waals surface area contributed by atoms with Crippen molar-refractivity contribution < 1.29 is 14.1 Å². The molecule has 2 aromatic carbocycles. The van der Waals surface area contributed by atoms with Crippen LogP contribution in [0.1, 0.15) is 0 Å². The van der Waals surface area contributed by atoms with E-state index in [0.717, 1.165) is 11.3 Å². The van der Waals surface area contributed by atoms with Crippen molar-refractivity contribution in [3.8, 4) is 17.1 Å². The number of aromatic nitrogens is 2. The zero-order valence-corrected chi connectivity index (χ0v) is 15.0. The van der Waals surface area contributed by atoms with Crippen LogP contribution in [0.2, 0.25) is 5.02 Å². The van der Waals surface area contributed by atoms with Crippen molar-refractivity contribution in [2.24, 2.45) is 0 Å². The number of halogens is 1. The summed E-state index contributed by atoms with van der Waals surface area (Å²) in [6.07, 6.45) is 0. The second-order valence-electron chi connectivity index (χ2n) is 5.54. The van der Waals surface area contributed by atoms with Gasteiger partial charge in [-0.05, 0) is 42.5 Å². The van der Waals surface area contributed by atoms with Gasteiger partial charge in [-0.25, -0.2) is 0 Å². The third kappa shape index (κ3) is 4.31. The molecule has 1 N–H and O–H groups in total. The molecule has 0 aliphatic heterocycles. The predicted octanol–water partition coefficient (Wildman–Crippen LogP) is 3.47. The summed E-state index contributed by atoms with van der Waals surface area (Å²) in [5.41, 5.74) is 1.41. The van der Waals surface area contributed by atoms with Crippen LogP contribution in [0.3, 0.4) is 0 Å². The number of nitrogens with one attached hydrogen (secondary N) is 1. The van der Waals surface area contributed by atoms with Gasteiger partial charge in [0, 0.05) is 23.3 Å². The molecular weight excluding hydrogens is 356 g/mol. The number of likely N-dealkylation sites (N-methyl/N-ethyl adjacent to an activating group) is 1. The van der Waals surface area contributed by atoms with Crippen molar-refractivity contribution >= 4 is 29.2 Å². The molecule has 0 aliphatic rings. The third-order valence-electron chi connectivity index (χ3n) is 3.58. The molecule has 26 heavy (non-hydrogen) atoms. The molecule has 0 bridgehead atoms. The Labute approximate surface area is 155 Å². The number of benzene rings is 2. The third-order valence-corrected chi connectivity index (χ3v) is 3.81. The Bertz CT molecular complexity index is 895. The van der Waals surface area contributed by atoms with E-state index in [4.69, 9.17) is 20.9 Å². The number of nitrogens with zero attached hydrogens (tertiary/aromatic N) is 3. The Morgan fingerprint density at radius 3 is 2.73 bits per heavy atom. The topological polar surface area (TPSA) is 80.5 Å². The van der Waals surface area contributed by atoms with Crippen molar-refractivity contribution in [1.29, 1.82) is 0 Å². The van der Waals surface area contributed by atoms with E-state index in [0.29, 0.717) is 16.5 Å². The minimum absolute atomic E-state index is 0.0523. The highest BCUT2D eigenvalue weighted by Gasteiger charge is 2.15. The number of methoxy groups -OCH3 is 1. The van der Waals surface area contributed by atoms with Gasteiger partial charge in [0.15, 0.2) is 0 Å². The molecule has 3 aromatic rings. The fourth-order valence-corrected chi connectivity index (χ4v) is 2.47. The number of hydrogen-bond donors (Lipinski definition) is 1. The molecule has 1 heterocycles. The smallest absolute Gasteiger partial charge is 0.324 e. The Kier molecular flexibility index (Phi) is 5.38. The van der Waals surface area contributed by atoms with Crippen LogP contribution in [-0.4, -0.2) is 36.8 Å². The average molecular weight is 373 g/mol. The molecule has 0 saturated heterocycles. The SMILES string of the molecule is COc1ccc(-c2noc(N(C)CC(=O)Nc3cccc(Cl)c3)n2)cc1. The lowest BCUT2D eigenvalue weighted by Gasteiger charge is -2.13. The van der Waals surface area contributed by atoms with Crippen LogP contribution >= 0.6 is 11.6 Å². The van der Waals surface area contributed by atoms with E-state index in [1.165, 1.54) is 0 Å². The second kappa shape index (κ2) is 7.88. The number of rotatable bonds is 6. The van der Waals surface area contributed by atoms with Crippen LogP contribution in [0.4, 0.5) is 11.7 Å². The van der Waals surface area contributed by atoms with E-state index in [2.05, 4.69) is 15.5 Å². The number of ether oxygens (including phenoxy) is 1. The highest BCUT2D eigenvalue weighted by molar-refractivity contribution is 6.30. The molecule has 0 radical (unpaired) electrons. The van der Waals surface area contributed by atoms with Gasteiger partial charge in [0.1, 0.15) is 12.3 Å². The van der Waals surface area contributed by atoms with Gasteiger partial charge in [-0.3, -0.25) is 4.79 Å². The molecule has 8 heteroatoms. The van der Waals surface area contributed by atoms with Crippen molar-refractivity contribution in [2.45, 2.75) is 0 Å². The molecule has 134 valence electrons. The van der Waals surface area contributed by atoms with Gasteiger partial charge in [0.2, 0.25) is 11.7 Å². The molecular formula is C18H17ClN4O3. The molecule has 7 nitrogen and oxygen atoms in total. The largest absolute Gasteiger partial charge is 0.497 e.